The van der Waals surface area contributed by atoms with E-state index in [2.05, 4.69) is 9.71 Å². The summed E-state index contributed by atoms with van der Waals surface area (Å²) in [7, 11) is -2.08. The highest BCUT2D eigenvalue weighted by Gasteiger charge is 2.22. The van der Waals surface area contributed by atoms with Crippen LogP contribution in [0, 0.1) is 0 Å². The number of nitrogens with zero attached hydrogens (tertiary/aromatic N) is 1. The minimum absolute atomic E-state index is 0.0217. The fraction of sp³-hybridized carbons (Fsp3) is 0.545. The molecule has 18 heavy (non-hydrogen) atoms. The van der Waals surface area contributed by atoms with E-state index in [0.29, 0.717) is 6.54 Å². The summed E-state index contributed by atoms with van der Waals surface area (Å²) in [5.41, 5.74) is 5.64. The van der Waals surface area contributed by atoms with Gasteiger partial charge in [-0.05, 0) is 25.5 Å². The van der Waals surface area contributed by atoms with Gasteiger partial charge in [0.1, 0.15) is 0 Å². The molecular formula is C11H19N3O3S. The summed E-state index contributed by atoms with van der Waals surface area (Å²) in [5.74, 6) is 0. The number of nitrogens with one attached hydrogen (secondary N) is 1. The molecule has 0 radical (unpaired) electrons. The van der Waals surface area contributed by atoms with Gasteiger partial charge >= 0.3 is 0 Å². The van der Waals surface area contributed by atoms with Gasteiger partial charge in [0.05, 0.1) is 5.60 Å². The Labute approximate surface area is 108 Å². The molecule has 0 aromatic carbocycles. The fourth-order valence-electron chi connectivity index (χ4n) is 1.11. The Balaban J connectivity index is 2.80. The van der Waals surface area contributed by atoms with Crippen LogP contribution >= 0.6 is 0 Å². The summed E-state index contributed by atoms with van der Waals surface area (Å²) >= 11 is 0. The van der Waals surface area contributed by atoms with Crippen molar-refractivity contribution in [3.63, 3.8) is 0 Å². The van der Waals surface area contributed by atoms with E-state index < -0.39 is 15.6 Å². The lowest BCUT2D eigenvalue weighted by Gasteiger charge is -2.22. The van der Waals surface area contributed by atoms with Crippen molar-refractivity contribution in [1.82, 2.24) is 9.71 Å². The maximum absolute atomic E-state index is 11.9. The monoisotopic (exact) mass is 273 g/mol. The van der Waals surface area contributed by atoms with Crippen molar-refractivity contribution < 1.29 is 13.2 Å². The molecule has 0 fully saturated rings. The molecule has 1 aromatic rings. The zero-order valence-corrected chi connectivity index (χ0v) is 11.6. The molecule has 3 N–H and O–H groups in total. The first-order valence-corrected chi connectivity index (χ1v) is 6.99. The van der Waals surface area contributed by atoms with Crippen LogP contribution in [-0.2, 0) is 21.3 Å². The lowest BCUT2D eigenvalue weighted by Crippen LogP contribution is -2.39. The maximum atomic E-state index is 11.9. The SMILES string of the molecule is COC(C)(C)CNS(=O)(=O)c1ccc(CN)cn1. The zero-order chi connectivity index (χ0) is 13.8. The Kier molecular flexibility index (Phi) is 4.80. The molecule has 0 saturated carbocycles. The predicted molar refractivity (Wildman–Crippen MR) is 68.4 cm³/mol. The summed E-state index contributed by atoms with van der Waals surface area (Å²) in [6, 6.07) is 3.08. The lowest BCUT2D eigenvalue weighted by atomic mass is 10.1. The minimum Gasteiger partial charge on any atom is -0.377 e. The third kappa shape index (κ3) is 4.02. The van der Waals surface area contributed by atoms with E-state index in [0.717, 1.165) is 5.56 Å². The van der Waals surface area contributed by atoms with Gasteiger partial charge < -0.3 is 10.5 Å². The molecule has 0 spiro atoms. The van der Waals surface area contributed by atoms with Crippen LogP contribution in [0.2, 0.25) is 0 Å². The number of aromatic nitrogens is 1. The van der Waals surface area contributed by atoms with Gasteiger partial charge in [0.25, 0.3) is 10.0 Å². The second kappa shape index (κ2) is 5.75. The van der Waals surface area contributed by atoms with Crippen molar-refractivity contribution in [2.45, 2.75) is 31.0 Å². The standard InChI is InChI=1S/C11H19N3O3S/c1-11(2,17-3)8-14-18(15,16)10-5-4-9(6-12)7-13-10/h4-5,7,14H,6,8,12H2,1-3H3. The van der Waals surface area contributed by atoms with Gasteiger partial charge in [-0.3, -0.25) is 0 Å². The third-order valence-electron chi connectivity index (χ3n) is 2.55. The molecule has 1 rings (SSSR count). The molecule has 0 aliphatic rings. The Morgan fingerprint density at radius 2 is 2.11 bits per heavy atom. The molecule has 0 unspecified atom stereocenters. The molecular weight excluding hydrogens is 254 g/mol. The predicted octanol–water partition coefficient (Wildman–Crippen LogP) is 0.244. The lowest BCUT2D eigenvalue weighted by molar-refractivity contribution is 0.0276. The smallest absolute Gasteiger partial charge is 0.258 e. The first-order valence-electron chi connectivity index (χ1n) is 5.50. The number of ether oxygens (including phenoxy) is 1. The van der Waals surface area contributed by atoms with Crippen LogP contribution in [0.25, 0.3) is 0 Å². The molecule has 0 saturated heterocycles. The number of hydrogen-bond donors (Lipinski definition) is 2. The second-order valence-corrected chi connectivity index (χ2v) is 6.21. The molecule has 0 atom stereocenters. The van der Waals surface area contributed by atoms with Crippen molar-refractivity contribution >= 4 is 10.0 Å². The van der Waals surface area contributed by atoms with Crippen molar-refractivity contribution in [2.75, 3.05) is 13.7 Å². The molecule has 6 nitrogen and oxygen atoms in total. The molecule has 7 heteroatoms. The van der Waals surface area contributed by atoms with Crippen molar-refractivity contribution in [2.24, 2.45) is 5.73 Å². The van der Waals surface area contributed by atoms with E-state index in [9.17, 15) is 8.42 Å². The molecule has 0 aliphatic carbocycles. The first-order chi connectivity index (χ1) is 8.30. The molecule has 102 valence electrons. The van der Waals surface area contributed by atoms with Crippen LogP contribution < -0.4 is 10.5 Å². The van der Waals surface area contributed by atoms with Gasteiger partial charge in [-0.1, -0.05) is 6.07 Å². The van der Waals surface area contributed by atoms with E-state index in [4.69, 9.17) is 10.5 Å². The zero-order valence-electron chi connectivity index (χ0n) is 10.8. The van der Waals surface area contributed by atoms with Gasteiger partial charge in [-0.2, -0.15) is 0 Å². The quantitative estimate of drug-likeness (QED) is 0.774. The number of rotatable bonds is 6. The average molecular weight is 273 g/mol. The second-order valence-electron chi connectivity index (χ2n) is 4.50. The number of methoxy groups -OCH3 is 1. The van der Waals surface area contributed by atoms with Crippen LogP contribution in [0.1, 0.15) is 19.4 Å². The summed E-state index contributed by atoms with van der Waals surface area (Å²) in [4.78, 5) is 3.88. The number of sulfonamides is 1. The number of pyridine rings is 1. The highest BCUT2D eigenvalue weighted by molar-refractivity contribution is 7.89. The number of nitrogens with two attached hydrogens (primary N) is 1. The van der Waals surface area contributed by atoms with Crippen molar-refractivity contribution in [3.05, 3.63) is 23.9 Å². The van der Waals surface area contributed by atoms with E-state index in [1.54, 1.807) is 19.9 Å². The first kappa shape index (κ1) is 15.0. The molecule has 1 heterocycles. The van der Waals surface area contributed by atoms with Crippen LogP contribution in [-0.4, -0.2) is 32.7 Å². The Hall–Kier alpha value is -1.02. The maximum Gasteiger partial charge on any atom is 0.258 e. The van der Waals surface area contributed by atoms with Crippen LogP contribution in [0.3, 0.4) is 0 Å². The van der Waals surface area contributed by atoms with E-state index >= 15 is 0 Å². The van der Waals surface area contributed by atoms with Gasteiger partial charge in [0, 0.05) is 26.4 Å². The van der Waals surface area contributed by atoms with E-state index in [1.165, 1.54) is 19.4 Å². The van der Waals surface area contributed by atoms with Crippen LogP contribution in [0.15, 0.2) is 23.4 Å². The van der Waals surface area contributed by atoms with Gasteiger partial charge in [0.15, 0.2) is 5.03 Å². The van der Waals surface area contributed by atoms with Gasteiger partial charge in [-0.25, -0.2) is 18.1 Å². The Bertz CT molecular complexity index is 483. The molecule has 1 aromatic heterocycles. The highest BCUT2D eigenvalue weighted by atomic mass is 32.2. The van der Waals surface area contributed by atoms with Crippen molar-refractivity contribution in [3.8, 4) is 0 Å². The molecule has 0 aliphatic heterocycles. The fourth-order valence-corrected chi connectivity index (χ4v) is 2.23. The van der Waals surface area contributed by atoms with E-state index in [-0.39, 0.29) is 11.6 Å². The Morgan fingerprint density at radius 3 is 2.56 bits per heavy atom. The topological polar surface area (TPSA) is 94.3 Å². The molecule has 0 bridgehead atoms. The minimum atomic E-state index is -3.61. The summed E-state index contributed by atoms with van der Waals surface area (Å²) in [6.07, 6.45) is 1.45. The Morgan fingerprint density at radius 1 is 1.44 bits per heavy atom. The summed E-state index contributed by atoms with van der Waals surface area (Å²) < 4.78 is 31.5. The van der Waals surface area contributed by atoms with Gasteiger partial charge in [-0.15, -0.1) is 0 Å². The highest BCUT2D eigenvalue weighted by Crippen LogP contribution is 2.10. The molecule has 0 amide bonds. The van der Waals surface area contributed by atoms with E-state index in [1.807, 2.05) is 0 Å². The van der Waals surface area contributed by atoms with Crippen molar-refractivity contribution in [1.29, 1.82) is 0 Å². The third-order valence-corrected chi connectivity index (χ3v) is 3.87. The average Bonchev–Trinajstić information content (AvgIpc) is 2.37. The largest absolute Gasteiger partial charge is 0.377 e. The summed E-state index contributed by atoms with van der Waals surface area (Å²) in [5, 5.41) is -0.0217. The summed E-state index contributed by atoms with van der Waals surface area (Å²) in [6.45, 7) is 4.09. The van der Waals surface area contributed by atoms with Crippen LogP contribution in [0.5, 0.6) is 0 Å². The normalized spacial score (nSPS) is 12.7. The van der Waals surface area contributed by atoms with Gasteiger partial charge in [0.2, 0.25) is 0 Å². The number of hydrogen-bond acceptors (Lipinski definition) is 5. The van der Waals surface area contributed by atoms with Crippen LogP contribution in [0.4, 0.5) is 0 Å².